The Morgan fingerprint density at radius 1 is 1.50 bits per heavy atom. The van der Waals surface area contributed by atoms with E-state index in [0.29, 0.717) is 12.8 Å². The van der Waals surface area contributed by atoms with Gasteiger partial charge in [0.15, 0.2) is 0 Å². The number of methoxy groups -OCH3 is 1. The molecule has 1 heterocycles. The molecule has 0 aromatic heterocycles. The lowest BCUT2D eigenvalue weighted by Gasteiger charge is -2.24. The molecule has 0 spiro atoms. The van der Waals surface area contributed by atoms with Gasteiger partial charge in [-0.1, -0.05) is 43.7 Å². The quantitative estimate of drug-likeness (QED) is 0.526. The first-order chi connectivity index (χ1) is 9.61. The number of allylic oxidation sites excluding steroid dienone is 3. The third-order valence-corrected chi connectivity index (χ3v) is 3.37. The summed E-state index contributed by atoms with van der Waals surface area (Å²) in [5.41, 5.74) is 1.01. The Bertz CT molecular complexity index is 423. The zero-order valence-electron chi connectivity index (χ0n) is 12.9. The summed E-state index contributed by atoms with van der Waals surface area (Å²) in [6, 6.07) is 0. The Balaban J connectivity index is 2.93. The SMILES string of the molecule is C/C=C\C(=C/CCC)CC1(C(=O)OC)CC(CC)=NO1. The van der Waals surface area contributed by atoms with E-state index in [1.807, 2.05) is 26.0 Å². The van der Waals surface area contributed by atoms with E-state index >= 15 is 0 Å². The Labute approximate surface area is 121 Å². The minimum absolute atomic E-state index is 0.350. The molecule has 0 aromatic carbocycles. The van der Waals surface area contributed by atoms with Crippen molar-refractivity contribution in [2.75, 3.05) is 7.11 Å². The van der Waals surface area contributed by atoms with Crippen LogP contribution in [0.3, 0.4) is 0 Å². The Kier molecular flexibility index (Phi) is 6.49. The first-order valence-corrected chi connectivity index (χ1v) is 7.26. The molecule has 1 aliphatic heterocycles. The van der Waals surface area contributed by atoms with Gasteiger partial charge in [-0.15, -0.1) is 0 Å². The molecule has 4 nitrogen and oxygen atoms in total. The van der Waals surface area contributed by atoms with E-state index < -0.39 is 5.60 Å². The summed E-state index contributed by atoms with van der Waals surface area (Å²) in [7, 11) is 1.39. The molecule has 0 N–H and O–H groups in total. The van der Waals surface area contributed by atoms with E-state index in [4.69, 9.17) is 9.57 Å². The molecule has 1 rings (SSSR count). The van der Waals surface area contributed by atoms with Gasteiger partial charge < -0.3 is 9.57 Å². The second kappa shape index (κ2) is 7.88. The number of carbonyl (C=O) groups is 1. The highest BCUT2D eigenvalue weighted by molar-refractivity contribution is 5.93. The summed E-state index contributed by atoms with van der Waals surface area (Å²) in [6.45, 7) is 6.10. The van der Waals surface area contributed by atoms with Crippen molar-refractivity contribution in [1.82, 2.24) is 0 Å². The van der Waals surface area contributed by atoms with Gasteiger partial charge in [0, 0.05) is 12.8 Å². The summed E-state index contributed by atoms with van der Waals surface area (Å²) in [6.07, 6.45) is 10.0. The van der Waals surface area contributed by atoms with E-state index in [-0.39, 0.29) is 5.97 Å². The first kappa shape index (κ1) is 16.5. The molecule has 1 atom stereocenters. The van der Waals surface area contributed by atoms with Gasteiger partial charge in [-0.05, 0) is 25.3 Å². The van der Waals surface area contributed by atoms with Crippen molar-refractivity contribution in [2.45, 2.75) is 58.5 Å². The average molecular weight is 279 g/mol. The predicted molar refractivity (Wildman–Crippen MR) is 80.6 cm³/mol. The Morgan fingerprint density at radius 3 is 2.75 bits per heavy atom. The highest BCUT2D eigenvalue weighted by atomic mass is 16.7. The van der Waals surface area contributed by atoms with E-state index in [2.05, 4.69) is 18.2 Å². The highest BCUT2D eigenvalue weighted by Crippen LogP contribution is 2.33. The number of ether oxygens (including phenoxy) is 1. The second-order valence-electron chi connectivity index (χ2n) is 5.01. The summed E-state index contributed by atoms with van der Waals surface area (Å²) in [4.78, 5) is 17.6. The van der Waals surface area contributed by atoms with Gasteiger partial charge in [0.1, 0.15) is 0 Å². The van der Waals surface area contributed by atoms with Gasteiger partial charge in [0.25, 0.3) is 0 Å². The van der Waals surface area contributed by atoms with E-state index in [0.717, 1.165) is 30.5 Å². The molecule has 1 aliphatic rings. The van der Waals surface area contributed by atoms with Crippen LogP contribution in [0, 0.1) is 0 Å². The number of hydrogen-bond donors (Lipinski definition) is 0. The number of carbonyl (C=O) groups excluding carboxylic acids is 1. The number of oxime groups is 1. The molecule has 0 saturated heterocycles. The fraction of sp³-hybridized carbons (Fsp3) is 0.625. The lowest BCUT2D eigenvalue weighted by molar-refractivity contribution is -0.166. The standard InChI is InChI=1S/C16H25NO3/c1-5-8-10-13(9-6-2)11-16(15(18)19-4)12-14(7-3)17-20-16/h6,9-10H,5,7-8,11-12H2,1-4H3/b9-6-,13-10+. The Morgan fingerprint density at radius 2 is 2.25 bits per heavy atom. The maximum atomic E-state index is 12.1. The summed E-state index contributed by atoms with van der Waals surface area (Å²) in [5.74, 6) is -0.350. The van der Waals surface area contributed by atoms with Crippen LogP contribution in [0.5, 0.6) is 0 Å². The molecule has 112 valence electrons. The summed E-state index contributed by atoms with van der Waals surface area (Å²) in [5, 5.41) is 4.03. The molecule has 0 amide bonds. The molecular formula is C16H25NO3. The lowest BCUT2D eigenvalue weighted by atomic mass is 9.88. The van der Waals surface area contributed by atoms with Crippen LogP contribution in [0.25, 0.3) is 0 Å². The molecule has 0 aromatic rings. The van der Waals surface area contributed by atoms with Crippen molar-refractivity contribution in [2.24, 2.45) is 5.16 Å². The van der Waals surface area contributed by atoms with Crippen LogP contribution in [0.15, 0.2) is 29.0 Å². The van der Waals surface area contributed by atoms with Crippen LogP contribution in [0.1, 0.15) is 52.9 Å². The minimum atomic E-state index is -0.987. The van der Waals surface area contributed by atoms with E-state index in [1.54, 1.807) is 0 Å². The molecule has 1 unspecified atom stereocenters. The van der Waals surface area contributed by atoms with E-state index in [9.17, 15) is 4.79 Å². The lowest BCUT2D eigenvalue weighted by Crippen LogP contribution is -2.40. The third kappa shape index (κ3) is 3.95. The zero-order valence-corrected chi connectivity index (χ0v) is 12.9. The average Bonchev–Trinajstić information content (AvgIpc) is 2.88. The van der Waals surface area contributed by atoms with Gasteiger partial charge in [0.2, 0.25) is 5.60 Å². The fourth-order valence-corrected chi connectivity index (χ4v) is 2.27. The molecule has 0 aliphatic carbocycles. The maximum Gasteiger partial charge on any atom is 0.353 e. The summed E-state index contributed by atoms with van der Waals surface area (Å²) >= 11 is 0. The van der Waals surface area contributed by atoms with Gasteiger partial charge >= 0.3 is 5.97 Å². The molecular weight excluding hydrogens is 254 g/mol. The fourth-order valence-electron chi connectivity index (χ4n) is 2.27. The number of hydrogen-bond acceptors (Lipinski definition) is 4. The number of esters is 1. The molecule has 0 bridgehead atoms. The molecule has 0 radical (unpaired) electrons. The van der Waals surface area contributed by atoms with Gasteiger partial charge in [-0.25, -0.2) is 4.79 Å². The van der Waals surface area contributed by atoms with Crippen molar-refractivity contribution in [1.29, 1.82) is 0 Å². The second-order valence-corrected chi connectivity index (χ2v) is 5.01. The molecule has 4 heteroatoms. The largest absolute Gasteiger partial charge is 0.466 e. The number of unbranched alkanes of at least 4 members (excludes halogenated alkanes) is 1. The molecule has 0 fully saturated rings. The molecule has 0 saturated carbocycles. The number of rotatable bonds is 7. The highest BCUT2D eigenvalue weighted by Gasteiger charge is 2.47. The van der Waals surface area contributed by atoms with Crippen LogP contribution in [-0.2, 0) is 14.4 Å². The van der Waals surface area contributed by atoms with Crippen LogP contribution >= 0.6 is 0 Å². The Hall–Kier alpha value is -1.58. The van der Waals surface area contributed by atoms with Crippen molar-refractivity contribution in [3.63, 3.8) is 0 Å². The number of nitrogens with zero attached hydrogens (tertiary/aromatic N) is 1. The van der Waals surface area contributed by atoms with Crippen LogP contribution in [-0.4, -0.2) is 24.4 Å². The van der Waals surface area contributed by atoms with Crippen LogP contribution < -0.4 is 0 Å². The van der Waals surface area contributed by atoms with Crippen molar-refractivity contribution in [3.8, 4) is 0 Å². The first-order valence-electron chi connectivity index (χ1n) is 7.26. The van der Waals surface area contributed by atoms with Crippen molar-refractivity contribution in [3.05, 3.63) is 23.8 Å². The van der Waals surface area contributed by atoms with E-state index in [1.165, 1.54) is 7.11 Å². The van der Waals surface area contributed by atoms with Gasteiger partial charge in [-0.3, -0.25) is 0 Å². The smallest absolute Gasteiger partial charge is 0.353 e. The monoisotopic (exact) mass is 279 g/mol. The topological polar surface area (TPSA) is 47.9 Å². The van der Waals surface area contributed by atoms with Gasteiger partial charge in [-0.2, -0.15) is 0 Å². The maximum absolute atomic E-state index is 12.1. The predicted octanol–water partition coefficient (Wildman–Crippen LogP) is 3.78. The van der Waals surface area contributed by atoms with Crippen LogP contribution in [0.2, 0.25) is 0 Å². The van der Waals surface area contributed by atoms with Crippen LogP contribution in [0.4, 0.5) is 0 Å². The molecule has 20 heavy (non-hydrogen) atoms. The van der Waals surface area contributed by atoms with Gasteiger partial charge in [0.05, 0.1) is 12.8 Å². The third-order valence-electron chi connectivity index (χ3n) is 3.37. The van der Waals surface area contributed by atoms with Crippen molar-refractivity contribution < 1.29 is 14.4 Å². The minimum Gasteiger partial charge on any atom is -0.466 e. The van der Waals surface area contributed by atoms with Crippen molar-refractivity contribution >= 4 is 11.7 Å². The normalized spacial score (nSPS) is 22.8. The summed E-state index contributed by atoms with van der Waals surface area (Å²) < 4.78 is 4.93. The zero-order chi connectivity index (χ0) is 15.0.